The maximum absolute atomic E-state index is 13.2. The molecule has 2 aliphatic rings. The first kappa shape index (κ1) is 22.4. The minimum Gasteiger partial charge on any atom is -0.459 e. The molecule has 0 bridgehead atoms. The Hall–Kier alpha value is -1.26. The predicted octanol–water partition coefficient (Wildman–Crippen LogP) is 2.16. The minimum atomic E-state index is -1.64. The Morgan fingerprint density at radius 1 is 1.31 bits per heavy atom. The van der Waals surface area contributed by atoms with Crippen LogP contribution in [0.2, 0.25) is 0 Å². The molecule has 5 atom stereocenters. The van der Waals surface area contributed by atoms with Gasteiger partial charge in [-0.05, 0) is 32.9 Å². The molecule has 2 aliphatic heterocycles. The smallest absolute Gasteiger partial charge is 0.317 e. The minimum absolute atomic E-state index is 0.0516. The Morgan fingerprint density at radius 2 is 1.93 bits per heavy atom. The second kappa shape index (κ2) is 8.11. The fraction of sp³-hybridized carbons (Fsp3) is 0.526. The summed E-state index contributed by atoms with van der Waals surface area (Å²) in [6, 6.07) is 7.62. The number of hydrogen-bond donors (Lipinski definition) is 1. The Bertz CT molecular complexity index is 860. The molecule has 2 saturated heterocycles. The number of nitrogens with zero attached hydrogens (tertiary/aromatic N) is 1. The first-order valence-electron chi connectivity index (χ1n) is 9.01. The maximum Gasteiger partial charge on any atom is 0.317 e. The van der Waals surface area contributed by atoms with Crippen LogP contribution in [-0.4, -0.2) is 59.9 Å². The summed E-state index contributed by atoms with van der Waals surface area (Å²) in [7, 11) is -1.64. The van der Waals surface area contributed by atoms with Crippen molar-refractivity contribution in [3.8, 4) is 0 Å². The van der Waals surface area contributed by atoms with Crippen LogP contribution in [-0.2, 0) is 25.1 Å². The van der Waals surface area contributed by atoms with Gasteiger partial charge in [0, 0.05) is 17.4 Å². The average Bonchev–Trinajstić information content (AvgIpc) is 2.67. The molecule has 7 nitrogen and oxygen atoms in total. The molecule has 10 heteroatoms. The first-order chi connectivity index (χ1) is 13.5. The van der Waals surface area contributed by atoms with Gasteiger partial charge in [0.05, 0.1) is 10.8 Å². The molecule has 2 fully saturated rings. The third kappa shape index (κ3) is 4.03. The second-order valence-corrected chi connectivity index (χ2v) is 11.8. The molecule has 0 spiro atoms. The number of carbonyl (C=O) groups excluding carboxylic acids is 3. The number of hydrogen-bond acceptors (Lipinski definition) is 5. The van der Waals surface area contributed by atoms with E-state index >= 15 is 0 Å². The van der Waals surface area contributed by atoms with Gasteiger partial charge in [-0.2, -0.15) is 0 Å². The van der Waals surface area contributed by atoms with E-state index in [2.05, 4.69) is 37.2 Å². The highest BCUT2D eigenvalue weighted by Crippen LogP contribution is 2.45. The fourth-order valence-electron chi connectivity index (χ4n) is 3.31. The molecule has 1 aromatic rings. The van der Waals surface area contributed by atoms with E-state index in [1.54, 1.807) is 51.1 Å². The number of esters is 1. The van der Waals surface area contributed by atoms with Crippen molar-refractivity contribution in [2.45, 2.75) is 41.9 Å². The average molecular weight is 550 g/mol. The van der Waals surface area contributed by atoms with Crippen molar-refractivity contribution in [2.24, 2.45) is 5.41 Å². The molecule has 2 heterocycles. The molecule has 0 radical (unpaired) electrons. The molecule has 0 saturated carbocycles. The molecule has 0 aromatic heterocycles. The van der Waals surface area contributed by atoms with Crippen molar-refractivity contribution in [1.29, 1.82) is 0 Å². The van der Waals surface area contributed by atoms with Gasteiger partial charge in [0.1, 0.15) is 26.6 Å². The first-order valence-corrected chi connectivity index (χ1v) is 12.3. The van der Waals surface area contributed by atoms with E-state index in [1.165, 1.54) is 4.90 Å². The Morgan fingerprint density at radius 3 is 2.48 bits per heavy atom. The standard InChI is InChI=1S/C19H22Br2N2O5S/c1-18(2,3)28-17(26)19(9-20)10-23-14(25)12(15(23)29(27)16(19)21)22-13(24)11-7-5-4-6-8-11/h4-8,12,15-16H,9-10H2,1-3H3,(H,22,24)/t12?,15-,16?,19?,29?/m1/s1. The molecule has 1 aromatic carbocycles. The van der Waals surface area contributed by atoms with Crippen molar-refractivity contribution < 1.29 is 23.3 Å². The number of fused-ring (bicyclic) bond motifs is 1. The number of nitrogens with one attached hydrogen (secondary N) is 1. The predicted molar refractivity (Wildman–Crippen MR) is 116 cm³/mol. The van der Waals surface area contributed by atoms with Crippen molar-refractivity contribution in [2.75, 3.05) is 11.9 Å². The number of ether oxygens (including phenoxy) is 1. The number of halogens is 2. The second-order valence-electron chi connectivity index (χ2n) is 8.11. The zero-order valence-corrected chi connectivity index (χ0v) is 20.2. The van der Waals surface area contributed by atoms with Crippen LogP contribution in [0.4, 0.5) is 0 Å². The van der Waals surface area contributed by atoms with Crippen molar-refractivity contribution in [3.05, 3.63) is 35.9 Å². The molecular formula is C19H22Br2N2O5S. The zero-order chi connectivity index (χ0) is 21.6. The Kier molecular flexibility index (Phi) is 6.27. The van der Waals surface area contributed by atoms with Gasteiger partial charge in [-0.3, -0.25) is 18.6 Å². The van der Waals surface area contributed by atoms with Crippen LogP contribution in [0, 0.1) is 5.41 Å². The van der Waals surface area contributed by atoms with Crippen molar-refractivity contribution in [1.82, 2.24) is 10.2 Å². The lowest BCUT2D eigenvalue weighted by Gasteiger charge is -2.55. The number of rotatable bonds is 4. The van der Waals surface area contributed by atoms with Crippen LogP contribution in [0.1, 0.15) is 31.1 Å². The highest BCUT2D eigenvalue weighted by molar-refractivity contribution is 9.11. The van der Waals surface area contributed by atoms with Crippen LogP contribution in [0.5, 0.6) is 0 Å². The molecule has 4 unspecified atom stereocenters. The van der Waals surface area contributed by atoms with Gasteiger partial charge in [-0.15, -0.1) is 0 Å². The van der Waals surface area contributed by atoms with E-state index in [1.807, 2.05) is 0 Å². The van der Waals surface area contributed by atoms with Gasteiger partial charge in [0.25, 0.3) is 5.91 Å². The van der Waals surface area contributed by atoms with Gasteiger partial charge in [0.2, 0.25) is 5.91 Å². The van der Waals surface area contributed by atoms with Gasteiger partial charge in [-0.25, -0.2) is 0 Å². The summed E-state index contributed by atoms with van der Waals surface area (Å²) in [6.45, 7) is 5.31. The van der Waals surface area contributed by atoms with E-state index in [0.29, 0.717) is 5.56 Å². The van der Waals surface area contributed by atoms with Crippen molar-refractivity contribution in [3.63, 3.8) is 0 Å². The maximum atomic E-state index is 13.2. The van der Waals surface area contributed by atoms with E-state index in [9.17, 15) is 18.6 Å². The summed E-state index contributed by atoms with van der Waals surface area (Å²) in [6.07, 6.45) is 0. The molecular weight excluding hydrogens is 528 g/mol. The highest BCUT2D eigenvalue weighted by atomic mass is 79.9. The van der Waals surface area contributed by atoms with Crippen LogP contribution in [0.3, 0.4) is 0 Å². The normalized spacial score (nSPS) is 31.5. The fourth-order valence-corrected chi connectivity index (χ4v) is 7.67. The SMILES string of the molecule is CC(C)(C)OC(=O)C1(CBr)CN2C(=O)C(NC(=O)c3ccccc3)[C@H]2S(=O)C1Br. The van der Waals surface area contributed by atoms with Crippen LogP contribution in [0.15, 0.2) is 30.3 Å². The molecule has 158 valence electrons. The van der Waals surface area contributed by atoms with E-state index in [0.717, 1.165) is 0 Å². The zero-order valence-electron chi connectivity index (χ0n) is 16.2. The molecule has 0 aliphatic carbocycles. The van der Waals surface area contributed by atoms with Crippen LogP contribution >= 0.6 is 31.9 Å². The topological polar surface area (TPSA) is 92.8 Å². The lowest BCUT2D eigenvalue weighted by molar-refractivity contribution is -0.170. The lowest BCUT2D eigenvalue weighted by Crippen LogP contribution is -2.78. The number of amides is 2. The third-order valence-electron chi connectivity index (χ3n) is 4.84. The van der Waals surface area contributed by atoms with E-state index < -0.39 is 49.3 Å². The molecule has 1 N–H and O–H groups in total. The monoisotopic (exact) mass is 548 g/mol. The van der Waals surface area contributed by atoms with E-state index in [-0.39, 0.29) is 17.8 Å². The molecule has 29 heavy (non-hydrogen) atoms. The van der Waals surface area contributed by atoms with Gasteiger partial charge in [0.15, 0.2) is 0 Å². The lowest BCUT2D eigenvalue weighted by atomic mass is 9.89. The van der Waals surface area contributed by atoms with Gasteiger partial charge in [-0.1, -0.05) is 50.1 Å². The summed E-state index contributed by atoms with van der Waals surface area (Å²) in [4.78, 5) is 39.5. The number of β-lactam (4-membered cyclic amide) rings is 1. The summed E-state index contributed by atoms with van der Waals surface area (Å²) < 4.78 is 18.0. The van der Waals surface area contributed by atoms with Gasteiger partial charge < -0.3 is 15.0 Å². The van der Waals surface area contributed by atoms with Crippen LogP contribution < -0.4 is 5.32 Å². The molecule has 3 rings (SSSR count). The summed E-state index contributed by atoms with van der Waals surface area (Å²) >= 11 is 6.77. The Balaban J connectivity index is 1.80. The summed E-state index contributed by atoms with van der Waals surface area (Å²) in [5.41, 5.74) is -1.50. The quantitative estimate of drug-likeness (QED) is 0.353. The summed E-state index contributed by atoms with van der Waals surface area (Å²) in [5, 5.41) is 2.15. The number of carbonyl (C=O) groups is 3. The van der Waals surface area contributed by atoms with Gasteiger partial charge >= 0.3 is 5.97 Å². The van der Waals surface area contributed by atoms with E-state index in [4.69, 9.17) is 4.74 Å². The largest absolute Gasteiger partial charge is 0.459 e. The Labute approximate surface area is 188 Å². The molecule has 2 amide bonds. The number of benzene rings is 1. The number of alkyl halides is 2. The highest BCUT2D eigenvalue weighted by Gasteiger charge is 2.64. The van der Waals surface area contributed by atoms with Crippen LogP contribution in [0.25, 0.3) is 0 Å². The summed E-state index contributed by atoms with van der Waals surface area (Å²) in [5.74, 6) is -1.29. The van der Waals surface area contributed by atoms with Crippen molar-refractivity contribution >= 4 is 60.4 Å². The third-order valence-corrected chi connectivity index (χ3v) is 9.68.